The van der Waals surface area contributed by atoms with Crippen LogP contribution in [0, 0.1) is 13.8 Å². The molecule has 0 radical (unpaired) electrons. The summed E-state index contributed by atoms with van der Waals surface area (Å²) in [4.78, 5) is 0. The molecule has 0 aliphatic carbocycles. The highest BCUT2D eigenvalue weighted by Gasteiger charge is 2.01. The van der Waals surface area contributed by atoms with Crippen LogP contribution < -0.4 is 10.1 Å². The molecule has 1 aromatic carbocycles. The van der Waals surface area contributed by atoms with Crippen LogP contribution in [0.25, 0.3) is 0 Å². The molecular weight excluding hydrogens is 198 g/mol. The molecule has 0 aromatic heterocycles. The maximum absolute atomic E-state index is 5.81. The predicted molar refractivity (Wildman–Crippen MR) is 69.2 cm³/mol. The Balaban J connectivity index is 2.26. The van der Waals surface area contributed by atoms with Gasteiger partial charge in [0.05, 0.1) is 6.61 Å². The van der Waals surface area contributed by atoms with Gasteiger partial charge >= 0.3 is 0 Å². The first kappa shape index (κ1) is 13.0. The lowest BCUT2D eigenvalue weighted by Gasteiger charge is -2.11. The van der Waals surface area contributed by atoms with Crippen LogP contribution in [-0.2, 0) is 0 Å². The molecule has 90 valence electrons. The van der Waals surface area contributed by atoms with Gasteiger partial charge in [-0.15, -0.1) is 0 Å². The zero-order valence-corrected chi connectivity index (χ0v) is 10.7. The molecule has 0 unspecified atom stereocenters. The molecule has 0 aliphatic heterocycles. The highest BCUT2D eigenvalue weighted by atomic mass is 16.5. The number of para-hydroxylation sites is 1. The highest BCUT2D eigenvalue weighted by molar-refractivity contribution is 5.39. The van der Waals surface area contributed by atoms with Crippen LogP contribution in [-0.4, -0.2) is 19.7 Å². The average Bonchev–Trinajstić information content (AvgIpc) is 2.26. The first-order chi connectivity index (χ1) is 7.75. The third kappa shape index (κ3) is 4.23. The predicted octanol–water partition coefficient (Wildman–Crippen LogP) is 3.07. The van der Waals surface area contributed by atoms with Gasteiger partial charge in [-0.1, -0.05) is 25.1 Å². The minimum Gasteiger partial charge on any atom is -0.493 e. The second-order valence-electron chi connectivity index (χ2n) is 4.17. The molecule has 0 atom stereocenters. The van der Waals surface area contributed by atoms with Crippen LogP contribution in [0.5, 0.6) is 5.75 Å². The van der Waals surface area contributed by atoms with Gasteiger partial charge in [0.1, 0.15) is 5.75 Å². The summed E-state index contributed by atoms with van der Waals surface area (Å²) < 4.78 is 5.81. The Morgan fingerprint density at radius 2 is 1.81 bits per heavy atom. The SMILES string of the molecule is CCCNCCCOc1c(C)cccc1C. The molecule has 0 bridgehead atoms. The molecule has 0 aliphatic rings. The third-order valence-electron chi connectivity index (χ3n) is 2.58. The summed E-state index contributed by atoms with van der Waals surface area (Å²) in [5, 5.41) is 3.37. The van der Waals surface area contributed by atoms with Crippen molar-refractivity contribution in [3.63, 3.8) is 0 Å². The fourth-order valence-electron chi connectivity index (χ4n) is 1.70. The standard InChI is InChI=1S/C14H23NO/c1-4-9-15-10-6-11-16-14-12(2)7-5-8-13(14)3/h5,7-8,15H,4,6,9-11H2,1-3H3. The first-order valence-electron chi connectivity index (χ1n) is 6.15. The number of nitrogens with one attached hydrogen (secondary N) is 1. The van der Waals surface area contributed by atoms with Gasteiger partial charge in [0, 0.05) is 0 Å². The van der Waals surface area contributed by atoms with Crippen molar-refractivity contribution in [3.8, 4) is 5.75 Å². The van der Waals surface area contributed by atoms with Crippen LogP contribution in [0.4, 0.5) is 0 Å². The maximum atomic E-state index is 5.81. The third-order valence-corrected chi connectivity index (χ3v) is 2.58. The van der Waals surface area contributed by atoms with Gasteiger partial charge in [0.15, 0.2) is 0 Å². The van der Waals surface area contributed by atoms with Crippen molar-refractivity contribution < 1.29 is 4.74 Å². The number of ether oxygens (including phenoxy) is 1. The molecule has 0 saturated carbocycles. The van der Waals surface area contributed by atoms with Gasteiger partial charge in [-0.25, -0.2) is 0 Å². The van der Waals surface area contributed by atoms with E-state index in [0.717, 1.165) is 31.9 Å². The van der Waals surface area contributed by atoms with Gasteiger partial charge in [0.2, 0.25) is 0 Å². The van der Waals surface area contributed by atoms with Crippen LogP contribution in [0.15, 0.2) is 18.2 Å². The van der Waals surface area contributed by atoms with Crippen LogP contribution in [0.3, 0.4) is 0 Å². The van der Waals surface area contributed by atoms with Crippen molar-refractivity contribution in [2.24, 2.45) is 0 Å². The number of benzene rings is 1. The van der Waals surface area contributed by atoms with E-state index in [0.29, 0.717) is 0 Å². The maximum Gasteiger partial charge on any atom is 0.125 e. The van der Waals surface area contributed by atoms with E-state index in [1.165, 1.54) is 17.5 Å². The molecule has 1 aromatic rings. The van der Waals surface area contributed by atoms with E-state index >= 15 is 0 Å². The van der Waals surface area contributed by atoms with Gasteiger partial charge in [-0.05, 0) is 50.9 Å². The average molecular weight is 221 g/mol. The summed E-state index contributed by atoms with van der Waals surface area (Å²) in [5.74, 6) is 1.05. The van der Waals surface area contributed by atoms with Crippen LogP contribution in [0.2, 0.25) is 0 Å². The van der Waals surface area contributed by atoms with Crippen LogP contribution in [0.1, 0.15) is 30.9 Å². The summed E-state index contributed by atoms with van der Waals surface area (Å²) in [5.41, 5.74) is 2.45. The zero-order valence-electron chi connectivity index (χ0n) is 10.7. The normalized spacial score (nSPS) is 10.4. The van der Waals surface area contributed by atoms with E-state index in [1.54, 1.807) is 0 Å². The molecule has 1 rings (SSSR count). The molecule has 2 heteroatoms. The summed E-state index contributed by atoms with van der Waals surface area (Å²) in [6.07, 6.45) is 2.26. The molecule has 0 saturated heterocycles. The Labute approximate surface area is 99.0 Å². The Bertz CT molecular complexity index is 289. The lowest BCUT2D eigenvalue weighted by Crippen LogP contribution is -2.18. The smallest absolute Gasteiger partial charge is 0.125 e. The first-order valence-corrected chi connectivity index (χ1v) is 6.15. The molecule has 0 amide bonds. The lowest BCUT2D eigenvalue weighted by atomic mass is 10.1. The second kappa shape index (κ2) is 7.29. The quantitative estimate of drug-likeness (QED) is 0.714. The number of aryl methyl sites for hydroxylation is 2. The van der Waals surface area contributed by atoms with E-state index in [9.17, 15) is 0 Å². The summed E-state index contributed by atoms with van der Waals surface area (Å²) in [6, 6.07) is 6.26. The van der Waals surface area contributed by atoms with Crippen molar-refractivity contribution in [2.75, 3.05) is 19.7 Å². The molecule has 0 fully saturated rings. The molecule has 0 heterocycles. The van der Waals surface area contributed by atoms with Gasteiger partial charge < -0.3 is 10.1 Å². The molecular formula is C14H23NO. The summed E-state index contributed by atoms with van der Waals surface area (Å²) in [7, 11) is 0. The minimum absolute atomic E-state index is 0.794. The van der Waals surface area contributed by atoms with Gasteiger partial charge in [0.25, 0.3) is 0 Å². The molecule has 0 spiro atoms. The Kier molecular flexibility index (Phi) is 5.94. The zero-order chi connectivity index (χ0) is 11.8. The van der Waals surface area contributed by atoms with E-state index in [-0.39, 0.29) is 0 Å². The van der Waals surface area contributed by atoms with E-state index in [4.69, 9.17) is 4.74 Å². The Morgan fingerprint density at radius 1 is 1.12 bits per heavy atom. The van der Waals surface area contributed by atoms with Gasteiger partial charge in [-0.2, -0.15) is 0 Å². The van der Waals surface area contributed by atoms with E-state index < -0.39 is 0 Å². The van der Waals surface area contributed by atoms with Crippen molar-refractivity contribution in [3.05, 3.63) is 29.3 Å². The van der Waals surface area contributed by atoms with Crippen molar-refractivity contribution in [1.29, 1.82) is 0 Å². The molecule has 1 N–H and O–H groups in total. The fraction of sp³-hybridized carbons (Fsp3) is 0.571. The fourth-order valence-corrected chi connectivity index (χ4v) is 1.70. The van der Waals surface area contributed by atoms with Crippen LogP contribution >= 0.6 is 0 Å². The minimum atomic E-state index is 0.794. The monoisotopic (exact) mass is 221 g/mol. The number of hydrogen-bond acceptors (Lipinski definition) is 2. The van der Waals surface area contributed by atoms with Gasteiger partial charge in [-0.3, -0.25) is 0 Å². The second-order valence-corrected chi connectivity index (χ2v) is 4.17. The topological polar surface area (TPSA) is 21.3 Å². The summed E-state index contributed by atoms with van der Waals surface area (Å²) >= 11 is 0. The highest BCUT2D eigenvalue weighted by Crippen LogP contribution is 2.22. The van der Waals surface area contributed by atoms with E-state index in [1.807, 2.05) is 0 Å². The van der Waals surface area contributed by atoms with Crippen molar-refractivity contribution >= 4 is 0 Å². The van der Waals surface area contributed by atoms with Crippen molar-refractivity contribution in [2.45, 2.75) is 33.6 Å². The Hall–Kier alpha value is -1.02. The van der Waals surface area contributed by atoms with Crippen molar-refractivity contribution in [1.82, 2.24) is 5.32 Å². The number of hydrogen-bond donors (Lipinski definition) is 1. The molecule has 2 nitrogen and oxygen atoms in total. The molecule has 16 heavy (non-hydrogen) atoms. The summed E-state index contributed by atoms with van der Waals surface area (Å²) in [6.45, 7) is 9.31. The Morgan fingerprint density at radius 3 is 2.44 bits per heavy atom. The number of rotatable bonds is 7. The lowest BCUT2D eigenvalue weighted by molar-refractivity contribution is 0.304. The largest absolute Gasteiger partial charge is 0.493 e. The van der Waals surface area contributed by atoms with E-state index in [2.05, 4.69) is 44.3 Å².